The van der Waals surface area contributed by atoms with E-state index in [1.807, 2.05) is 62.4 Å². The zero-order valence-electron chi connectivity index (χ0n) is 15.7. The summed E-state index contributed by atoms with van der Waals surface area (Å²) in [6.07, 6.45) is 2.49. The van der Waals surface area contributed by atoms with Gasteiger partial charge in [0.15, 0.2) is 5.69 Å². The lowest BCUT2D eigenvalue weighted by molar-refractivity contribution is 0.0769. The van der Waals surface area contributed by atoms with Crippen LogP contribution in [0.2, 0.25) is 0 Å². The third-order valence-corrected chi connectivity index (χ3v) is 4.55. The predicted molar refractivity (Wildman–Crippen MR) is 105 cm³/mol. The van der Waals surface area contributed by atoms with Crippen LogP contribution in [0.5, 0.6) is 0 Å². The molecule has 6 nitrogen and oxygen atoms in total. The fourth-order valence-electron chi connectivity index (χ4n) is 3.06. The van der Waals surface area contributed by atoms with Gasteiger partial charge in [-0.3, -0.25) is 14.0 Å². The molecule has 1 aromatic carbocycles. The van der Waals surface area contributed by atoms with Gasteiger partial charge in [-0.15, -0.1) is 0 Å². The van der Waals surface area contributed by atoms with E-state index in [4.69, 9.17) is 0 Å². The molecule has 0 unspecified atom stereocenters. The number of nitrogens with zero attached hydrogens (tertiary/aromatic N) is 3. The summed E-state index contributed by atoms with van der Waals surface area (Å²) in [5, 5.41) is 2.90. The van der Waals surface area contributed by atoms with E-state index in [9.17, 15) is 9.59 Å². The van der Waals surface area contributed by atoms with Crippen LogP contribution < -0.4 is 5.32 Å². The zero-order valence-corrected chi connectivity index (χ0v) is 15.7. The van der Waals surface area contributed by atoms with Crippen LogP contribution >= 0.6 is 0 Å². The minimum atomic E-state index is -0.286. The molecule has 0 aliphatic heterocycles. The number of carbonyl (C=O) groups excluding carboxylic acids is 2. The van der Waals surface area contributed by atoms with Gasteiger partial charge < -0.3 is 10.2 Å². The van der Waals surface area contributed by atoms with Gasteiger partial charge in [0.05, 0.1) is 5.52 Å². The molecule has 0 atom stereocenters. The number of fused-ring (bicyclic) bond motifs is 1. The highest BCUT2D eigenvalue weighted by molar-refractivity contribution is 6.02. The van der Waals surface area contributed by atoms with Crippen LogP contribution in [0.1, 0.15) is 40.5 Å². The summed E-state index contributed by atoms with van der Waals surface area (Å²) < 4.78 is 1.68. The molecule has 3 rings (SSSR count). The lowest BCUT2D eigenvalue weighted by Crippen LogP contribution is -2.31. The van der Waals surface area contributed by atoms with Crippen LogP contribution in [-0.4, -0.2) is 45.7 Å². The van der Waals surface area contributed by atoms with E-state index in [0.717, 1.165) is 12.0 Å². The van der Waals surface area contributed by atoms with Gasteiger partial charge in [-0.25, -0.2) is 4.98 Å². The molecule has 0 bridgehead atoms. The second-order valence-electron chi connectivity index (χ2n) is 6.21. The summed E-state index contributed by atoms with van der Waals surface area (Å²) in [6.45, 7) is 5.55. The number of amides is 2. The maximum absolute atomic E-state index is 12.8. The minimum absolute atomic E-state index is 0.160. The summed E-state index contributed by atoms with van der Waals surface area (Å²) in [6, 6.07) is 15.4. The monoisotopic (exact) mass is 364 g/mol. The first kappa shape index (κ1) is 18.6. The Kier molecular flexibility index (Phi) is 5.86. The summed E-state index contributed by atoms with van der Waals surface area (Å²) in [7, 11) is 0. The highest BCUT2D eigenvalue weighted by Crippen LogP contribution is 2.15. The second-order valence-corrected chi connectivity index (χ2v) is 6.21. The number of hydrogen-bond acceptors (Lipinski definition) is 3. The molecule has 2 amide bonds. The van der Waals surface area contributed by atoms with E-state index in [2.05, 4.69) is 10.3 Å². The molecular formula is C21H24N4O2. The minimum Gasteiger partial charge on any atom is -0.349 e. The molecule has 0 fully saturated rings. The average molecular weight is 364 g/mol. The van der Waals surface area contributed by atoms with Crippen molar-refractivity contribution < 1.29 is 9.59 Å². The van der Waals surface area contributed by atoms with Gasteiger partial charge in [0.25, 0.3) is 11.8 Å². The van der Waals surface area contributed by atoms with Gasteiger partial charge in [0.2, 0.25) is 5.82 Å². The number of carbonyl (C=O) groups is 2. The first-order valence-electron chi connectivity index (χ1n) is 9.24. The number of rotatable bonds is 7. The standard InChI is InChI=1S/C21H24N4O2/c1-3-24(4-2)21(27)18-17-12-8-9-15-25(17)19(23-18)20(26)22-14-13-16-10-6-5-7-11-16/h5-12,15H,3-4,13-14H2,1-2H3,(H,22,26). The lowest BCUT2D eigenvalue weighted by atomic mass is 10.1. The summed E-state index contributed by atoms with van der Waals surface area (Å²) in [5.41, 5.74) is 2.11. The van der Waals surface area contributed by atoms with Crippen molar-refractivity contribution in [2.75, 3.05) is 19.6 Å². The van der Waals surface area contributed by atoms with Crippen LogP contribution in [0.15, 0.2) is 54.7 Å². The van der Waals surface area contributed by atoms with Gasteiger partial charge in [0.1, 0.15) is 0 Å². The van der Waals surface area contributed by atoms with E-state index in [1.54, 1.807) is 15.5 Å². The topological polar surface area (TPSA) is 66.7 Å². The van der Waals surface area contributed by atoms with Crippen molar-refractivity contribution in [3.8, 4) is 0 Å². The van der Waals surface area contributed by atoms with Crippen LogP contribution in [0.4, 0.5) is 0 Å². The van der Waals surface area contributed by atoms with E-state index < -0.39 is 0 Å². The van der Waals surface area contributed by atoms with Crippen molar-refractivity contribution in [1.82, 2.24) is 19.6 Å². The first-order valence-corrected chi connectivity index (χ1v) is 9.24. The Labute approximate surface area is 158 Å². The summed E-state index contributed by atoms with van der Waals surface area (Å²) in [4.78, 5) is 31.5. The van der Waals surface area contributed by atoms with Gasteiger partial charge in [-0.1, -0.05) is 36.4 Å². The Morgan fingerprint density at radius 3 is 2.44 bits per heavy atom. The van der Waals surface area contributed by atoms with Gasteiger partial charge >= 0.3 is 0 Å². The number of nitrogens with one attached hydrogen (secondary N) is 1. The smallest absolute Gasteiger partial charge is 0.287 e. The molecule has 2 heterocycles. The molecule has 3 aromatic rings. The van der Waals surface area contributed by atoms with E-state index >= 15 is 0 Å². The van der Waals surface area contributed by atoms with E-state index in [-0.39, 0.29) is 17.6 Å². The van der Waals surface area contributed by atoms with Crippen LogP contribution in [0, 0.1) is 0 Å². The Morgan fingerprint density at radius 1 is 1.04 bits per heavy atom. The molecular weight excluding hydrogens is 340 g/mol. The Balaban J connectivity index is 1.81. The van der Waals surface area contributed by atoms with Crippen molar-refractivity contribution in [1.29, 1.82) is 0 Å². The third-order valence-electron chi connectivity index (χ3n) is 4.55. The summed E-state index contributed by atoms with van der Waals surface area (Å²) >= 11 is 0. The first-order chi connectivity index (χ1) is 13.2. The molecule has 0 saturated heterocycles. The second kappa shape index (κ2) is 8.49. The van der Waals surface area contributed by atoms with Crippen molar-refractivity contribution in [2.45, 2.75) is 20.3 Å². The quantitative estimate of drug-likeness (QED) is 0.701. The van der Waals surface area contributed by atoms with Crippen molar-refractivity contribution >= 4 is 17.3 Å². The molecule has 140 valence electrons. The molecule has 27 heavy (non-hydrogen) atoms. The molecule has 0 aliphatic rings. The van der Waals surface area contributed by atoms with Crippen LogP contribution in [0.3, 0.4) is 0 Å². The zero-order chi connectivity index (χ0) is 19.2. The Hall–Kier alpha value is -3.15. The Bertz CT molecular complexity index is 930. The highest BCUT2D eigenvalue weighted by atomic mass is 16.2. The molecule has 0 radical (unpaired) electrons. The number of aromatic nitrogens is 2. The largest absolute Gasteiger partial charge is 0.349 e. The van der Waals surface area contributed by atoms with E-state index in [1.165, 1.54) is 0 Å². The average Bonchev–Trinajstić information content (AvgIpc) is 3.09. The molecule has 0 saturated carbocycles. The third kappa shape index (κ3) is 4.00. The maximum Gasteiger partial charge on any atom is 0.287 e. The number of imidazole rings is 1. The maximum atomic E-state index is 12.8. The molecule has 1 N–H and O–H groups in total. The number of benzene rings is 1. The fourth-order valence-corrected chi connectivity index (χ4v) is 3.06. The van der Waals surface area contributed by atoms with Crippen LogP contribution in [-0.2, 0) is 6.42 Å². The van der Waals surface area contributed by atoms with Crippen molar-refractivity contribution in [2.24, 2.45) is 0 Å². The normalized spacial score (nSPS) is 10.7. The molecule has 6 heteroatoms. The van der Waals surface area contributed by atoms with Gasteiger partial charge in [0, 0.05) is 25.8 Å². The SMILES string of the molecule is CCN(CC)C(=O)c1nc(C(=O)NCCc2ccccc2)n2ccccc12. The highest BCUT2D eigenvalue weighted by Gasteiger charge is 2.23. The molecule has 0 spiro atoms. The van der Waals surface area contributed by atoms with Gasteiger partial charge in [-0.05, 0) is 38.0 Å². The van der Waals surface area contributed by atoms with Crippen molar-refractivity contribution in [3.63, 3.8) is 0 Å². The number of hydrogen-bond donors (Lipinski definition) is 1. The van der Waals surface area contributed by atoms with E-state index in [0.29, 0.717) is 30.8 Å². The molecule has 2 aromatic heterocycles. The molecule has 0 aliphatic carbocycles. The fraction of sp³-hybridized carbons (Fsp3) is 0.286. The Morgan fingerprint density at radius 2 is 1.74 bits per heavy atom. The number of pyridine rings is 1. The van der Waals surface area contributed by atoms with Crippen LogP contribution in [0.25, 0.3) is 5.52 Å². The summed E-state index contributed by atoms with van der Waals surface area (Å²) in [5.74, 6) is -0.216. The van der Waals surface area contributed by atoms with Crippen molar-refractivity contribution in [3.05, 3.63) is 71.8 Å². The van der Waals surface area contributed by atoms with Gasteiger partial charge in [-0.2, -0.15) is 0 Å². The predicted octanol–water partition coefficient (Wildman–Crippen LogP) is 2.79. The lowest BCUT2D eigenvalue weighted by Gasteiger charge is -2.17.